The minimum Gasteiger partial charge on any atom is -0.481 e. The maximum absolute atomic E-state index is 11.1. The molecular formula is C12H21NO4. The van der Waals surface area contributed by atoms with Crippen LogP contribution in [0.2, 0.25) is 0 Å². The normalized spacial score (nSPS) is 25.3. The van der Waals surface area contributed by atoms with E-state index >= 15 is 0 Å². The van der Waals surface area contributed by atoms with Crippen LogP contribution in [0.3, 0.4) is 0 Å². The lowest BCUT2D eigenvalue weighted by atomic mass is 9.91. The highest BCUT2D eigenvalue weighted by atomic mass is 16.7. The van der Waals surface area contributed by atoms with Gasteiger partial charge < -0.3 is 14.6 Å². The summed E-state index contributed by atoms with van der Waals surface area (Å²) < 4.78 is 11.4. The predicted octanol–water partition coefficient (Wildman–Crippen LogP) is 0.936. The number of aliphatic carboxylic acids is 1. The summed E-state index contributed by atoms with van der Waals surface area (Å²) in [5, 5.41) is 9.14. The van der Waals surface area contributed by atoms with E-state index in [-0.39, 0.29) is 0 Å². The fourth-order valence-corrected chi connectivity index (χ4v) is 2.57. The van der Waals surface area contributed by atoms with Gasteiger partial charge in [0.25, 0.3) is 0 Å². The van der Waals surface area contributed by atoms with Crippen molar-refractivity contribution in [3.63, 3.8) is 0 Å². The number of nitrogens with zero attached hydrogens (tertiary/aromatic N) is 1. The SMILES string of the molecule is CC(C)(CN1CCCC2(C1)OCCO2)C(=O)O. The van der Waals surface area contributed by atoms with Gasteiger partial charge in [0.15, 0.2) is 5.79 Å². The van der Waals surface area contributed by atoms with Crippen LogP contribution in [-0.2, 0) is 14.3 Å². The van der Waals surface area contributed by atoms with Crippen molar-refractivity contribution < 1.29 is 19.4 Å². The van der Waals surface area contributed by atoms with E-state index in [4.69, 9.17) is 14.6 Å². The second kappa shape index (κ2) is 4.55. The number of carboxylic acids is 1. The Labute approximate surface area is 102 Å². The molecule has 1 N–H and O–H groups in total. The van der Waals surface area contributed by atoms with Crippen LogP contribution in [0.1, 0.15) is 26.7 Å². The van der Waals surface area contributed by atoms with Gasteiger partial charge in [-0.15, -0.1) is 0 Å². The Bertz CT molecular complexity index is 297. The maximum Gasteiger partial charge on any atom is 0.310 e. The number of carboxylic acid groups (broad SMARTS) is 1. The van der Waals surface area contributed by atoms with Gasteiger partial charge in [-0.05, 0) is 26.8 Å². The summed E-state index contributed by atoms with van der Waals surface area (Å²) in [7, 11) is 0. The van der Waals surface area contributed by atoms with Gasteiger partial charge in [0.1, 0.15) is 0 Å². The van der Waals surface area contributed by atoms with Crippen molar-refractivity contribution in [1.82, 2.24) is 4.90 Å². The van der Waals surface area contributed by atoms with Crippen LogP contribution in [-0.4, -0.2) is 54.6 Å². The van der Waals surface area contributed by atoms with Crippen LogP contribution < -0.4 is 0 Å². The van der Waals surface area contributed by atoms with Crippen molar-refractivity contribution in [2.75, 3.05) is 32.8 Å². The molecular weight excluding hydrogens is 222 g/mol. The van der Waals surface area contributed by atoms with Gasteiger partial charge in [-0.3, -0.25) is 9.69 Å². The molecule has 17 heavy (non-hydrogen) atoms. The van der Waals surface area contributed by atoms with E-state index in [1.807, 2.05) is 0 Å². The molecule has 0 amide bonds. The zero-order valence-electron chi connectivity index (χ0n) is 10.6. The summed E-state index contributed by atoms with van der Waals surface area (Å²) in [5.41, 5.74) is -0.725. The summed E-state index contributed by atoms with van der Waals surface area (Å²) >= 11 is 0. The molecule has 0 bridgehead atoms. The molecule has 0 aromatic rings. The lowest BCUT2D eigenvalue weighted by molar-refractivity contribution is -0.193. The van der Waals surface area contributed by atoms with E-state index in [1.54, 1.807) is 13.8 Å². The van der Waals surface area contributed by atoms with Crippen molar-refractivity contribution >= 4 is 5.97 Å². The van der Waals surface area contributed by atoms with E-state index in [0.717, 1.165) is 19.4 Å². The Morgan fingerprint density at radius 1 is 1.41 bits per heavy atom. The average Bonchev–Trinajstić information content (AvgIpc) is 2.65. The Balaban J connectivity index is 1.96. The van der Waals surface area contributed by atoms with Crippen LogP contribution in [0, 0.1) is 5.41 Å². The Morgan fingerprint density at radius 3 is 2.65 bits per heavy atom. The van der Waals surface area contributed by atoms with E-state index in [1.165, 1.54) is 0 Å². The third-order valence-electron chi connectivity index (χ3n) is 3.51. The van der Waals surface area contributed by atoms with Gasteiger partial charge in [-0.25, -0.2) is 0 Å². The van der Waals surface area contributed by atoms with Gasteiger partial charge in [0.05, 0.1) is 25.2 Å². The number of rotatable bonds is 3. The van der Waals surface area contributed by atoms with Crippen molar-refractivity contribution in [2.24, 2.45) is 5.41 Å². The molecule has 5 heteroatoms. The number of carbonyl (C=O) groups is 1. The summed E-state index contributed by atoms with van der Waals surface area (Å²) in [4.78, 5) is 13.3. The number of ether oxygens (including phenoxy) is 2. The van der Waals surface area contributed by atoms with E-state index in [9.17, 15) is 4.79 Å². The van der Waals surface area contributed by atoms with Crippen LogP contribution in [0.15, 0.2) is 0 Å². The quantitative estimate of drug-likeness (QED) is 0.799. The van der Waals surface area contributed by atoms with Crippen molar-refractivity contribution in [3.05, 3.63) is 0 Å². The molecule has 5 nitrogen and oxygen atoms in total. The van der Waals surface area contributed by atoms with Crippen LogP contribution in [0.4, 0.5) is 0 Å². The highest BCUT2D eigenvalue weighted by molar-refractivity contribution is 5.73. The lowest BCUT2D eigenvalue weighted by Crippen LogP contribution is -2.52. The van der Waals surface area contributed by atoms with Crippen LogP contribution >= 0.6 is 0 Å². The smallest absolute Gasteiger partial charge is 0.310 e. The van der Waals surface area contributed by atoms with Crippen molar-refractivity contribution in [3.8, 4) is 0 Å². The molecule has 0 unspecified atom stereocenters. The molecule has 2 saturated heterocycles. The van der Waals surface area contributed by atoms with Gasteiger partial charge in [0.2, 0.25) is 0 Å². The van der Waals surface area contributed by atoms with Crippen molar-refractivity contribution in [1.29, 1.82) is 0 Å². The Hall–Kier alpha value is -0.650. The molecule has 98 valence electrons. The molecule has 2 heterocycles. The van der Waals surface area contributed by atoms with Gasteiger partial charge in [-0.2, -0.15) is 0 Å². The first kappa shape index (κ1) is 12.8. The maximum atomic E-state index is 11.1. The molecule has 0 aromatic heterocycles. The number of hydrogen-bond acceptors (Lipinski definition) is 4. The third kappa shape index (κ3) is 2.78. The monoisotopic (exact) mass is 243 g/mol. The molecule has 0 atom stereocenters. The second-order valence-corrected chi connectivity index (χ2v) is 5.61. The molecule has 0 aromatic carbocycles. The molecule has 0 aliphatic carbocycles. The topological polar surface area (TPSA) is 59.0 Å². The molecule has 2 rings (SSSR count). The van der Waals surface area contributed by atoms with Crippen molar-refractivity contribution in [2.45, 2.75) is 32.5 Å². The molecule has 2 aliphatic rings. The van der Waals surface area contributed by atoms with E-state index in [0.29, 0.717) is 26.3 Å². The fraction of sp³-hybridized carbons (Fsp3) is 0.917. The van der Waals surface area contributed by atoms with Gasteiger partial charge >= 0.3 is 5.97 Å². The van der Waals surface area contributed by atoms with E-state index < -0.39 is 17.2 Å². The highest BCUT2D eigenvalue weighted by Gasteiger charge is 2.42. The summed E-state index contributed by atoms with van der Waals surface area (Å²) in [6.07, 6.45) is 1.91. The van der Waals surface area contributed by atoms with E-state index in [2.05, 4.69) is 4.90 Å². The minimum absolute atomic E-state index is 0.465. The third-order valence-corrected chi connectivity index (χ3v) is 3.51. The first-order valence-electron chi connectivity index (χ1n) is 6.17. The fourth-order valence-electron chi connectivity index (χ4n) is 2.57. The standard InChI is InChI=1S/C12H21NO4/c1-11(2,10(14)15)8-13-5-3-4-12(9-13)16-6-7-17-12/h3-9H2,1-2H3,(H,14,15). The predicted molar refractivity (Wildman–Crippen MR) is 61.7 cm³/mol. The molecule has 1 spiro atoms. The van der Waals surface area contributed by atoms with Gasteiger partial charge in [0, 0.05) is 13.0 Å². The molecule has 0 saturated carbocycles. The van der Waals surface area contributed by atoms with Crippen LogP contribution in [0.5, 0.6) is 0 Å². The van der Waals surface area contributed by atoms with Gasteiger partial charge in [-0.1, -0.05) is 0 Å². The van der Waals surface area contributed by atoms with Crippen LogP contribution in [0.25, 0.3) is 0 Å². The second-order valence-electron chi connectivity index (χ2n) is 5.61. The number of likely N-dealkylation sites (tertiary alicyclic amines) is 1. The average molecular weight is 243 g/mol. The lowest BCUT2D eigenvalue weighted by Gasteiger charge is -2.40. The first-order chi connectivity index (χ1) is 7.94. The Morgan fingerprint density at radius 2 is 2.06 bits per heavy atom. The zero-order chi connectivity index (χ0) is 12.5. The highest BCUT2D eigenvalue weighted by Crippen LogP contribution is 2.31. The number of piperidine rings is 1. The zero-order valence-corrected chi connectivity index (χ0v) is 10.6. The number of hydrogen-bond donors (Lipinski definition) is 1. The molecule has 2 aliphatic heterocycles. The largest absolute Gasteiger partial charge is 0.481 e. The molecule has 0 radical (unpaired) electrons. The Kier molecular flexibility index (Phi) is 3.43. The summed E-state index contributed by atoms with van der Waals surface area (Å²) in [6, 6.07) is 0. The first-order valence-corrected chi connectivity index (χ1v) is 6.17. The minimum atomic E-state index is -0.759. The summed E-state index contributed by atoms with van der Waals surface area (Å²) in [5.74, 6) is -1.22. The summed E-state index contributed by atoms with van der Waals surface area (Å²) in [6.45, 7) is 6.96. The molecule has 2 fully saturated rings.